The van der Waals surface area contributed by atoms with Crippen molar-refractivity contribution >= 4 is 11.8 Å². The first-order valence-corrected chi connectivity index (χ1v) is 7.65. The van der Waals surface area contributed by atoms with Crippen LogP contribution in [-0.4, -0.2) is 25.1 Å². The average molecular weight is 229 g/mol. The van der Waals surface area contributed by atoms with E-state index in [1.165, 1.54) is 43.7 Å². The second kappa shape index (κ2) is 7.56. The molecule has 0 aromatic heterocycles. The van der Waals surface area contributed by atoms with Crippen LogP contribution >= 0.6 is 11.8 Å². The van der Waals surface area contributed by atoms with E-state index in [1.807, 2.05) is 0 Å². The van der Waals surface area contributed by atoms with E-state index < -0.39 is 0 Å². The number of hydrogen-bond donors (Lipinski definition) is 1. The Morgan fingerprint density at radius 2 is 2.07 bits per heavy atom. The molecule has 0 radical (unpaired) electrons. The van der Waals surface area contributed by atoms with Crippen LogP contribution in [0.25, 0.3) is 0 Å². The van der Waals surface area contributed by atoms with Gasteiger partial charge in [-0.15, -0.1) is 0 Å². The number of thioether (sulfide) groups is 1. The second-order valence-electron chi connectivity index (χ2n) is 4.98. The Morgan fingerprint density at radius 1 is 1.27 bits per heavy atom. The fourth-order valence-corrected chi connectivity index (χ4v) is 3.58. The maximum Gasteiger partial charge on any atom is -0.00209 e. The van der Waals surface area contributed by atoms with Gasteiger partial charge in [0, 0.05) is 0 Å². The molecule has 0 bridgehead atoms. The third-order valence-corrected chi connectivity index (χ3v) is 4.64. The zero-order valence-corrected chi connectivity index (χ0v) is 11.4. The van der Waals surface area contributed by atoms with Crippen molar-refractivity contribution in [1.82, 2.24) is 5.32 Å². The summed E-state index contributed by atoms with van der Waals surface area (Å²) in [6.07, 6.45) is 5.80. The minimum Gasteiger partial charge on any atom is -0.319 e. The lowest BCUT2D eigenvalue weighted by molar-refractivity contribution is 0.183. The van der Waals surface area contributed by atoms with E-state index in [2.05, 4.69) is 38.0 Å². The molecule has 0 amide bonds. The van der Waals surface area contributed by atoms with E-state index in [9.17, 15) is 0 Å². The van der Waals surface area contributed by atoms with E-state index in [0.29, 0.717) is 0 Å². The van der Waals surface area contributed by atoms with Crippen LogP contribution in [0.1, 0.15) is 39.5 Å². The summed E-state index contributed by atoms with van der Waals surface area (Å²) >= 11 is 2.10. The summed E-state index contributed by atoms with van der Waals surface area (Å²) in [6.45, 7) is 5.92. The second-order valence-corrected chi connectivity index (χ2v) is 6.38. The molecule has 1 fully saturated rings. The van der Waals surface area contributed by atoms with Gasteiger partial charge in [-0.2, -0.15) is 11.8 Å². The minimum atomic E-state index is 0.948. The van der Waals surface area contributed by atoms with Gasteiger partial charge in [-0.3, -0.25) is 0 Å². The lowest BCUT2D eigenvalue weighted by atomic mass is 9.73. The van der Waals surface area contributed by atoms with Crippen molar-refractivity contribution in [2.75, 3.05) is 25.1 Å². The monoisotopic (exact) mass is 229 g/mol. The van der Waals surface area contributed by atoms with Gasteiger partial charge in [-0.05, 0) is 62.1 Å². The standard InChI is InChI=1S/C13H27NS/c1-4-15-8-7-12-9-11(2)5-6-13(12)10-14-3/h11-14H,4-10H2,1-3H3. The Balaban J connectivity index is 2.32. The maximum atomic E-state index is 3.37. The lowest BCUT2D eigenvalue weighted by Gasteiger charge is -2.35. The lowest BCUT2D eigenvalue weighted by Crippen LogP contribution is -2.31. The molecule has 0 aromatic rings. The molecular formula is C13H27NS. The minimum absolute atomic E-state index is 0.948. The molecule has 0 aliphatic heterocycles. The molecule has 3 unspecified atom stereocenters. The van der Waals surface area contributed by atoms with Gasteiger partial charge in [0.15, 0.2) is 0 Å². The molecule has 1 rings (SSSR count). The van der Waals surface area contributed by atoms with Crippen LogP contribution in [0.3, 0.4) is 0 Å². The third-order valence-electron chi connectivity index (χ3n) is 3.71. The third kappa shape index (κ3) is 4.78. The maximum absolute atomic E-state index is 3.37. The SMILES string of the molecule is CCSCCC1CC(C)CCC1CNC. The summed E-state index contributed by atoms with van der Waals surface area (Å²) in [5, 5.41) is 3.37. The normalized spacial score (nSPS) is 31.8. The summed E-state index contributed by atoms with van der Waals surface area (Å²) in [7, 11) is 2.09. The first kappa shape index (κ1) is 13.4. The first-order chi connectivity index (χ1) is 7.27. The van der Waals surface area contributed by atoms with Crippen molar-refractivity contribution in [1.29, 1.82) is 0 Å². The van der Waals surface area contributed by atoms with E-state index in [-0.39, 0.29) is 0 Å². The smallest absolute Gasteiger partial charge is 0.00209 e. The van der Waals surface area contributed by atoms with Crippen LogP contribution in [0.5, 0.6) is 0 Å². The molecule has 1 aliphatic carbocycles. The van der Waals surface area contributed by atoms with E-state index in [0.717, 1.165) is 17.8 Å². The van der Waals surface area contributed by atoms with Gasteiger partial charge in [0.1, 0.15) is 0 Å². The number of hydrogen-bond acceptors (Lipinski definition) is 2. The quantitative estimate of drug-likeness (QED) is 0.701. The summed E-state index contributed by atoms with van der Waals surface area (Å²) in [6, 6.07) is 0. The highest BCUT2D eigenvalue weighted by molar-refractivity contribution is 7.99. The first-order valence-electron chi connectivity index (χ1n) is 6.50. The predicted molar refractivity (Wildman–Crippen MR) is 71.5 cm³/mol. The van der Waals surface area contributed by atoms with Gasteiger partial charge in [-0.25, -0.2) is 0 Å². The van der Waals surface area contributed by atoms with Crippen LogP contribution in [0, 0.1) is 17.8 Å². The molecule has 1 aliphatic rings. The average Bonchev–Trinajstić information content (AvgIpc) is 2.22. The van der Waals surface area contributed by atoms with Crippen LogP contribution in [0.4, 0.5) is 0 Å². The van der Waals surface area contributed by atoms with Crippen LogP contribution < -0.4 is 5.32 Å². The number of nitrogens with one attached hydrogen (secondary N) is 1. The highest BCUT2D eigenvalue weighted by Crippen LogP contribution is 2.35. The topological polar surface area (TPSA) is 12.0 Å². The predicted octanol–water partition coefficient (Wildman–Crippen LogP) is 3.40. The van der Waals surface area contributed by atoms with E-state index in [4.69, 9.17) is 0 Å². The largest absolute Gasteiger partial charge is 0.319 e. The summed E-state index contributed by atoms with van der Waals surface area (Å²) in [4.78, 5) is 0. The fraction of sp³-hybridized carbons (Fsp3) is 1.00. The van der Waals surface area contributed by atoms with Crippen molar-refractivity contribution in [2.24, 2.45) is 17.8 Å². The van der Waals surface area contributed by atoms with Gasteiger partial charge >= 0.3 is 0 Å². The molecule has 0 heterocycles. The van der Waals surface area contributed by atoms with Gasteiger partial charge in [0.25, 0.3) is 0 Å². The molecule has 3 atom stereocenters. The van der Waals surface area contributed by atoms with Gasteiger partial charge < -0.3 is 5.32 Å². The molecule has 90 valence electrons. The van der Waals surface area contributed by atoms with E-state index >= 15 is 0 Å². The summed E-state index contributed by atoms with van der Waals surface area (Å²) in [5.41, 5.74) is 0. The Bertz CT molecular complexity index is 161. The van der Waals surface area contributed by atoms with Crippen molar-refractivity contribution in [3.63, 3.8) is 0 Å². The van der Waals surface area contributed by atoms with Crippen LogP contribution in [-0.2, 0) is 0 Å². The molecule has 0 spiro atoms. The zero-order chi connectivity index (χ0) is 11.1. The molecule has 0 saturated heterocycles. The Kier molecular flexibility index (Phi) is 6.74. The highest BCUT2D eigenvalue weighted by Gasteiger charge is 2.27. The van der Waals surface area contributed by atoms with E-state index in [1.54, 1.807) is 0 Å². The van der Waals surface area contributed by atoms with Crippen molar-refractivity contribution in [3.8, 4) is 0 Å². The molecule has 1 N–H and O–H groups in total. The number of rotatable bonds is 6. The van der Waals surface area contributed by atoms with Crippen LogP contribution in [0.2, 0.25) is 0 Å². The van der Waals surface area contributed by atoms with Crippen molar-refractivity contribution in [2.45, 2.75) is 39.5 Å². The molecular weight excluding hydrogens is 202 g/mol. The van der Waals surface area contributed by atoms with Gasteiger partial charge in [0.2, 0.25) is 0 Å². The molecule has 2 heteroatoms. The van der Waals surface area contributed by atoms with Gasteiger partial charge in [0.05, 0.1) is 0 Å². The molecule has 15 heavy (non-hydrogen) atoms. The molecule has 1 nitrogen and oxygen atoms in total. The summed E-state index contributed by atoms with van der Waals surface area (Å²) < 4.78 is 0. The Labute approximate surface area is 99.8 Å². The zero-order valence-electron chi connectivity index (χ0n) is 10.6. The van der Waals surface area contributed by atoms with Crippen molar-refractivity contribution < 1.29 is 0 Å². The fourth-order valence-electron chi connectivity index (χ4n) is 2.82. The van der Waals surface area contributed by atoms with Gasteiger partial charge in [-0.1, -0.05) is 20.3 Å². The van der Waals surface area contributed by atoms with Crippen molar-refractivity contribution in [3.05, 3.63) is 0 Å². The summed E-state index contributed by atoms with van der Waals surface area (Å²) in [5.74, 6) is 5.55. The molecule has 1 saturated carbocycles. The Morgan fingerprint density at radius 3 is 2.73 bits per heavy atom. The molecule has 0 aromatic carbocycles. The highest BCUT2D eigenvalue weighted by atomic mass is 32.2. The Hall–Kier alpha value is 0.310. The van der Waals surface area contributed by atoms with Crippen LogP contribution in [0.15, 0.2) is 0 Å².